The second kappa shape index (κ2) is 7.79. The summed E-state index contributed by atoms with van der Waals surface area (Å²) in [4.78, 5) is 17.9. The van der Waals surface area contributed by atoms with Gasteiger partial charge in [0.05, 0.1) is 0 Å². The van der Waals surface area contributed by atoms with Gasteiger partial charge in [-0.2, -0.15) is 0 Å². The van der Waals surface area contributed by atoms with E-state index in [-0.39, 0.29) is 0 Å². The van der Waals surface area contributed by atoms with Gasteiger partial charge in [-0.15, -0.1) is 0 Å². The second-order valence-electron chi connectivity index (χ2n) is 10.1. The van der Waals surface area contributed by atoms with Crippen LogP contribution in [0.5, 0.6) is 0 Å². The highest BCUT2D eigenvalue weighted by Gasteiger charge is 2.42. The molecule has 1 spiro atoms. The highest BCUT2D eigenvalue weighted by molar-refractivity contribution is 5.79. The molecular weight excluding hydrogens is 322 g/mol. The van der Waals surface area contributed by atoms with Crippen molar-refractivity contribution in [2.45, 2.75) is 71.3 Å². The summed E-state index contributed by atoms with van der Waals surface area (Å²) in [7, 11) is 0. The monoisotopic (exact) mass is 361 g/mol. The van der Waals surface area contributed by atoms with Crippen molar-refractivity contribution >= 4 is 5.91 Å². The molecule has 1 aliphatic carbocycles. The Balaban J connectivity index is 1.21. The molecule has 0 aromatic carbocycles. The number of hydrogen-bond acceptors (Lipinski definition) is 3. The quantitative estimate of drug-likeness (QED) is 0.839. The van der Waals surface area contributed by atoms with Gasteiger partial charge < -0.3 is 15.1 Å². The van der Waals surface area contributed by atoms with Crippen molar-refractivity contribution in [2.24, 2.45) is 23.2 Å². The third kappa shape index (κ3) is 3.82. The van der Waals surface area contributed by atoms with E-state index in [0.29, 0.717) is 17.2 Å². The number of likely N-dealkylation sites (tertiary alicyclic amines) is 2. The number of nitrogens with one attached hydrogen (secondary N) is 1. The van der Waals surface area contributed by atoms with Gasteiger partial charge in [-0.3, -0.25) is 4.79 Å². The van der Waals surface area contributed by atoms with E-state index in [1.165, 1.54) is 64.7 Å². The van der Waals surface area contributed by atoms with E-state index >= 15 is 0 Å². The van der Waals surface area contributed by atoms with E-state index < -0.39 is 0 Å². The Labute approximate surface area is 160 Å². The van der Waals surface area contributed by atoms with Crippen LogP contribution >= 0.6 is 0 Å². The smallest absolute Gasteiger partial charge is 0.225 e. The molecule has 0 aromatic heterocycles. The van der Waals surface area contributed by atoms with Crippen LogP contribution in [0.25, 0.3) is 0 Å². The molecule has 0 radical (unpaired) electrons. The van der Waals surface area contributed by atoms with Crippen molar-refractivity contribution in [2.75, 3.05) is 39.3 Å². The van der Waals surface area contributed by atoms with Gasteiger partial charge in [0, 0.05) is 38.1 Å². The first-order valence-electron chi connectivity index (χ1n) is 11.3. The zero-order valence-electron chi connectivity index (χ0n) is 17.0. The topological polar surface area (TPSA) is 35.6 Å². The Morgan fingerprint density at radius 3 is 2.04 bits per heavy atom. The van der Waals surface area contributed by atoms with Crippen LogP contribution in [0.3, 0.4) is 0 Å². The molecule has 1 N–H and O–H groups in total. The molecule has 4 aliphatic rings. The van der Waals surface area contributed by atoms with Crippen LogP contribution in [-0.2, 0) is 4.79 Å². The molecule has 1 amide bonds. The summed E-state index contributed by atoms with van der Waals surface area (Å²) in [5.74, 6) is 2.56. The lowest BCUT2D eigenvalue weighted by atomic mass is 9.73. The van der Waals surface area contributed by atoms with E-state index in [4.69, 9.17) is 0 Å². The fourth-order valence-corrected chi connectivity index (χ4v) is 5.93. The number of carbonyl (C=O) groups is 1. The van der Waals surface area contributed by atoms with Gasteiger partial charge in [-0.05, 0) is 81.7 Å². The van der Waals surface area contributed by atoms with Crippen LogP contribution in [0, 0.1) is 23.2 Å². The maximum Gasteiger partial charge on any atom is 0.225 e. The Morgan fingerprint density at radius 1 is 0.923 bits per heavy atom. The van der Waals surface area contributed by atoms with E-state index in [9.17, 15) is 4.79 Å². The second-order valence-corrected chi connectivity index (χ2v) is 10.1. The Kier molecular flexibility index (Phi) is 5.61. The lowest BCUT2D eigenvalue weighted by Gasteiger charge is -2.49. The number of rotatable bonds is 3. The molecule has 148 valence electrons. The lowest BCUT2D eigenvalue weighted by molar-refractivity contribution is -0.140. The first kappa shape index (κ1) is 18.7. The molecular formula is C22H39N3O. The third-order valence-corrected chi connectivity index (χ3v) is 8.22. The molecule has 4 fully saturated rings. The Bertz CT molecular complexity index is 476. The molecule has 0 atom stereocenters. The maximum atomic E-state index is 13.0. The van der Waals surface area contributed by atoms with Crippen molar-refractivity contribution < 1.29 is 4.79 Å². The fraction of sp³-hybridized carbons (Fsp3) is 0.955. The summed E-state index contributed by atoms with van der Waals surface area (Å²) in [6, 6.07) is 0.748. The Hall–Kier alpha value is -0.610. The highest BCUT2D eigenvalue weighted by atomic mass is 16.2. The van der Waals surface area contributed by atoms with E-state index in [2.05, 4.69) is 29.0 Å². The van der Waals surface area contributed by atoms with Gasteiger partial charge in [0.25, 0.3) is 0 Å². The average Bonchev–Trinajstić information content (AvgIpc) is 2.66. The molecule has 26 heavy (non-hydrogen) atoms. The molecule has 3 aliphatic heterocycles. The highest BCUT2D eigenvalue weighted by Crippen LogP contribution is 2.37. The molecule has 0 unspecified atom stereocenters. The molecule has 1 saturated carbocycles. The molecule has 4 nitrogen and oxygen atoms in total. The van der Waals surface area contributed by atoms with Gasteiger partial charge in [-0.1, -0.05) is 13.8 Å². The summed E-state index contributed by atoms with van der Waals surface area (Å²) in [5, 5.41) is 3.42. The van der Waals surface area contributed by atoms with E-state index in [0.717, 1.165) is 43.8 Å². The lowest BCUT2D eigenvalue weighted by Crippen LogP contribution is -2.59. The molecule has 3 heterocycles. The van der Waals surface area contributed by atoms with Crippen molar-refractivity contribution in [1.82, 2.24) is 15.1 Å². The molecule has 4 heteroatoms. The number of carbonyl (C=O) groups excluding carboxylic acids is 1. The molecule has 4 rings (SSSR count). The zero-order chi connectivity index (χ0) is 18.1. The fourth-order valence-electron chi connectivity index (χ4n) is 5.93. The minimum atomic E-state index is 0.313. The van der Waals surface area contributed by atoms with Crippen molar-refractivity contribution in [3.8, 4) is 0 Å². The first-order valence-corrected chi connectivity index (χ1v) is 11.3. The van der Waals surface area contributed by atoms with Gasteiger partial charge in [0.15, 0.2) is 0 Å². The Morgan fingerprint density at radius 2 is 1.54 bits per heavy atom. The normalized spacial score (nSPS) is 33.4. The number of piperidine rings is 2. The molecule has 3 saturated heterocycles. The summed E-state index contributed by atoms with van der Waals surface area (Å²) in [6.07, 6.45) is 9.90. The van der Waals surface area contributed by atoms with Crippen LogP contribution < -0.4 is 5.32 Å². The van der Waals surface area contributed by atoms with Crippen LogP contribution in [0.2, 0.25) is 0 Å². The van der Waals surface area contributed by atoms with Crippen LogP contribution in [0.1, 0.15) is 65.2 Å². The summed E-state index contributed by atoms with van der Waals surface area (Å²) in [5.41, 5.74) is 0.538. The summed E-state index contributed by atoms with van der Waals surface area (Å²) < 4.78 is 0. The number of nitrogens with zero attached hydrogens (tertiary/aromatic N) is 2. The largest absolute Gasteiger partial charge is 0.342 e. The number of amides is 1. The zero-order valence-corrected chi connectivity index (χ0v) is 17.0. The van der Waals surface area contributed by atoms with Crippen LogP contribution in [-0.4, -0.2) is 61.0 Å². The van der Waals surface area contributed by atoms with Gasteiger partial charge in [0.2, 0.25) is 5.91 Å². The van der Waals surface area contributed by atoms with E-state index in [1.807, 2.05) is 0 Å². The molecule has 0 aromatic rings. The van der Waals surface area contributed by atoms with Crippen molar-refractivity contribution in [3.05, 3.63) is 0 Å². The van der Waals surface area contributed by atoms with Crippen LogP contribution in [0.15, 0.2) is 0 Å². The summed E-state index contributed by atoms with van der Waals surface area (Å²) in [6.45, 7) is 11.7. The van der Waals surface area contributed by atoms with Crippen molar-refractivity contribution in [3.63, 3.8) is 0 Å². The first-order chi connectivity index (χ1) is 12.6. The minimum absolute atomic E-state index is 0.313. The standard InChI is InChI=1S/C22H39N3O/c1-17(2)18-7-11-24(12-8-18)20-5-3-19(4-6-20)21(26)25-13-9-22(10-14-25)15-23-16-22/h17-20,23H,3-16H2,1-2H3. The maximum absolute atomic E-state index is 13.0. The number of hydrogen-bond donors (Lipinski definition) is 1. The van der Waals surface area contributed by atoms with Gasteiger partial charge in [0.1, 0.15) is 0 Å². The average molecular weight is 362 g/mol. The summed E-state index contributed by atoms with van der Waals surface area (Å²) >= 11 is 0. The van der Waals surface area contributed by atoms with Crippen molar-refractivity contribution in [1.29, 1.82) is 0 Å². The van der Waals surface area contributed by atoms with Crippen LogP contribution in [0.4, 0.5) is 0 Å². The van der Waals surface area contributed by atoms with E-state index in [1.54, 1.807) is 0 Å². The van der Waals surface area contributed by atoms with Gasteiger partial charge >= 0.3 is 0 Å². The molecule has 0 bridgehead atoms. The SMILES string of the molecule is CC(C)C1CCN(C2CCC(C(=O)N3CCC4(CC3)CNC4)CC2)CC1. The third-order valence-electron chi connectivity index (χ3n) is 8.22. The predicted octanol–water partition coefficient (Wildman–Crippen LogP) is 3.13. The predicted molar refractivity (Wildman–Crippen MR) is 106 cm³/mol. The van der Waals surface area contributed by atoms with Gasteiger partial charge in [-0.25, -0.2) is 0 Å². The minimum Gasteiger partial charge on any atom is -0.342 e.